The van der Waals surface area contributed by atoms with Crippen molar-refractivity contribution in [1.29, 1.82) is 0 Å². The smallest absolute Gasteiger partial charge is 0.188 e. The number of ether oxygens (including phenoxy) is 2. The van der Waals surface area contributed by atoms with Crippen LogP contribution in [0.4, 0.5) is 0 Å². The molecule has 1 heterocycles. The molecule has 3 N–H and O–H groups in total. The highest BCUT2D eigenvalue weighted by molar-refractivity contribution is 14.0. The van der Waals surface area contributed by atoms with Gasteiger partial charge < -0.3 is 20.5 Å². The summed E-state index contributed by atoms with van der Waals surface area (Å²) in [4.78, 5) is 8.47. The summed E-state index contributed by atoms with van der Waals surface area (Å²) in [5.74, 6) is 1.88. The summed E-state index contributed by atoms with van der Waals surface area (Å²) in [7, 11) is 3.25. The number of halogens is 1. The maximum Gasteiger partial charge on any atom is 0.188 e. The van der Waals surface area contributed by atoms with Gasteiger partial charge in [-0.3, -0.25) is 4.98 Å². The minimum atomic E-state index is 0. The summed E-state index contributed by atoms with van der Waals surface area (Å²) in [6, 6.07) is 7.92. The molecule has 136 valence electrons. The van der Waals surface area contributed by atoms with Crippen LogP contribution >= 0.6 is 24.0 Å². The number of aromatic nitrogens is 1. The molecule has 0 bridgehead atoms. The number of pyridine rings is 1. The zero-order chi connectivity index (χ0) is 17.4. The molecule has 0 spiro atoms. The highest BCUT2D eigenvalue weighted by Crippen LogP contribution is 2.27. The van der Waals surface area contributed by atoms with Crippen molar-refractivity contribution in [3.8, 4) is 11.5 Å². The Morgan fingerprint density at radius 2 is 1.88 bits per heavy atom. The van der Waals surface area contributed by atoms with Gasteiger partial charge in [0, 0.05) is 18.9 Å². The van der Waals surface area contributed by atoms with E-state index in [1.807, 2.05) is 37.4 Å². The number of nitrogens with zero attached hydrogens (tertiary/aromatic N) is 2. The van der Waals surface area contributed by atoms with Gasteiger partial charge in [-0.15, -0.1) is 24.0 Å². The van der Waals surface area contributed by atoms with Gasteiger partial charge in [0.25, 0.3) is 0 Å². The Labute approximate surface area is 165 Å². The van der Waals surface area contributed by atoms with Crippen molar-refractivity contribution in [2.24, 2.45) is 10.7 Å². The minimum absolute atomic E-state index is 0. The molecule has 0 amide bonds. The Morgan fingerprint density at radius 3 is 2.56 bits per heavy atom. The first-order chi connectivity index (χ1) is 11.6. The lowest BCUT2D eigenvalue weighted by atomic mass is 10.1. The number of nitrogens with one attached hydrogen (secondary N) is 1. The van der Waals surface area contributed by atoms with Crippen LogP contribution in [0.3, 0.4) is 0 Å². The quantitative estimate of drug-likeness (QED) is 0.381. The Balaban J connectivity index is 0.00000312. The Morgan fingerprint density at radius 1 is 1.12 bits per heavy atom. The first kappa shape index (κ1) is 21.0. The van der Waals surface area contributed by atoms with E-state index in [1.165, 1.54) is 0 Å². The summed E-state index contributed by atoms with van der Waals surface area (Å²) < 4.78 is 10.5. The van der Waals surface area contributed by atoms with Crippen molar-refractivity contribution in [1.82, 2.24) is 10.3 Å². The van der Waals surface area contributed by atoms with E-state index in [1.54, 1.807) is 20.4 Å². The second kappa shape index (κ2) is 10.8. The Bertz CT molecular complexity index is 707. The van der Waals surface area contributed by atoms with Gasteiger partial charge in [-0.1, -0.05) is 12.1 Å². The predicted octanol–water partition coefficient (Wildman–Crippen LogP) is 2.67. The van der Waals surface area contributed by atoms with Crippen LogP contribution in [-0.4, -0.2) is 31.7 Å². The van der Waals surface area contributed by atoms with E-state index in [0.717, 1.165) is 34.6 Å². The number of nitrogens with two attached hydrogens (primary N) is 1. The van der Waals surface area contributed by atoms with Gasteiger partial charge in [0.15, 0.2) is 17.5 Å². The summed E-state index contributed by atoms with van der Waals surface area (Å²) in [6.07, 6.45) is 4.42. The van der Waals surface area contributed by atoms with E-state index >= 15 is 0 Å². The molecule has 25 heavy (non-hydrogen) atoms. The average molecular weight is 456 g/mol. The third-order valence-electron chi connectivity index (χ3n) is 3.53. The van der Waals surface area contributed by atoms with Crippen molar-refractivity contribution < 1.29 is 9.47 Å². The molecule has 0 radical (unpaired) electrons. The zero-order valence-electron chi connectivity index (χ0n) is 14.8. The predicted molar refractivity (Wildman–Crippen MR) is 111 cm³/mol. The van der Waals surface area contributed by atoms with Gasteiger partial charge in [0.1, 0.15) is 0 Å². The lowest BCUT2D eigenvalue weighted by Gasteiger charge is -2.10. The third-order valence-corrected chi connectivity index (χ3v) is 3.53. The zero-order valence-corrected chi connectivity index (χ0v) is 17.1. The van der Waals surface area contributed by atoms with Crippen LogP contribution in [0.5, 0.6) is 11.5 Å². The van der Waals surface area contributed by atoms with E-state index in [-0.39, 0.29) is 24.0 Å². The van der Waals surface area contributed by atoms with E-state index in [9.17, 15) is 0 Å². The molecule has 0 fully saturated rings. The SMILES string of the molecule is COc1ccc(CCNC(N)=NCc2cncc(C)c2)cc1OC.I. The molecule has 1 aromatic heterocycles. The van der Waals surface area contributed by atoms with Crippen LogP contribution < -0.4 is 20.5 Å². The molecule has 2 aromatic rings. The van der Waals surface area contributed by atoms with Crippen LogP contribution in [0.1, 0.15) is 16.7 Å². The van der Waals surface area contributed by atoms with Crippen LogP contribution in [-0.2, 0) is 13.0 Å². The van der Waals surface area contributed by atoms with Crippen LogP contribution in [0.25, 0.3) is 0 Å². The molecule has 2 rings (SSSR count). The monoisotopic (exact) mass is 456 g/mol. The highest BCUT2D eigenvalue weighted by Gasteiger charge is 2.04. The molecular formula is C18H25IN4O2. The number of rotatable bonds is 7. The maximum absolute atomic E-state index is 5.90. The van der Waals surface area contributed by atoms with Gasteiger partial charge in [-0.05, 0) is 42.2 Å². The van der Waals surface area contributed by atoms with Gasteiger partial charge >= 0.3 is 0 Å². The van der Waals surface area contributed by atoms with E-state index in [2.05, 4.69) is 15.3 Å². The molecule has 0 atom stereocenters. The second-order valence-electron chi connectivity index (χ2n) is 5.44. The average Bonchev–Trinajstić information content (AvgIpc) is 2.60. The Hall–Kier alpha value is -2.03. The van der Waals surface area contributed by atoms with Crippen molar-refractivity contribution in [2.45, 2.75) is 19.9 Å². The molecule has 7 heteroatoms. The third kappa shape index (κ3) is 6.77. The first-order valence-corrected chi connectivity index (χ1v) is 7.77. The number of hydrogen-bond donors (Lipinski definition) is 2. The number of guanidine groups is 1. The van der Waals surface area contributed by atoms with Crippen molar-refractivity contribution in [3.05, 3.63) is 53.3 Å². The van der Waals surface area contributed by atoms with E-state index < -0.39 is 0 Å². The van der Waals surface area contributed by atoms with E-state index in [4.69, 9.17) is 15.2 Å². The summed E-state index contributed by atoms with van der Waals surface area (Å²) in [5, 5.41) is 3.12. The summed E-state index contributed by atoms with van der Waals surface area (Å²) in [5.41, 5.74) is 9.19. The fourth-order valence-electron chi connectivity index (χ4n) is 2.31. The lowest BCUT2D eigenvalue weighted by molar-refractivity contribution is 0.354. The van der Waals surface area contributed by atoms with Gasteiger partial charge in [-0.25, -0.2) is 4.99 Å². The molecular weight excluding hydrogens is 431 g/mol. The fraction of sp³-hybridized carbons (Fsp3) is 0.333. The number of hydrogen-bond acceptors (Lipinski definition) is 4. The lowest BCUT2D eigenvalue weighted by Crippen LogP contribution is -2.33. The van der Waals surface area contributed by atoms with Crippen molar-refractivity contribution >= 4 is 29.9 Å². The van der Waals surface area contributed by atoms with Crippen molar-refractivity contribution in [3.63, 3.8) is 0 Å². The van der Waals surface area contributed by atoms with E-state index in [0.29, 0.717) is 19.0 Å². The van der Waals surface area contributed by atoms with Crippen LogP contribution in [0, 0.1) is 6.92 Å². The van der Waals surface area contributed by atoms with Crippen LogP contribution in [0.15, 0.2) is 41.7 Å². The molecule has 0 aliphatic rings. The normalized spacial score (nSPS) is 10.8. The minimum Gasteiger partial charge on any atom is -0.493 e. The standard InChI is InChI=1S/C18H24N4O2.HI/c1-13-8-15(11-20-10-13)12-22-18(19)21-7-6-14-4-5-16(23-2)17(9-14)24-3;/h4-5,8-11H,6-7,12H2,1-3H3,(H3,19,21,22);1H. The number of aliphatic imine (C=N–C) groups is 1. The van der Waals surface area contributed by atoms with Gasteiger partial charge in [0.05, 0.1) is 20.8 Å². The molecule has 1 aromatic carbocycles. The Kier molecular flexibility index (Phi) is 9.04. The molecule has 0 aliphatic heterocycles. The number of aryl methyl sites for hydroxylation is 1. The van der Waals surface area contributed by atoms with Gasteiger partial charge in [-0.2, -0.15) is 0 Å². The van der Waals surface area contributed by atoms with Crippen LogP contribution in [0.2, 0.25) is 0 Å². The summed E-state index contributed by atoms with van der Waals surface area (Å²) in [6.45, 7) is 3.21. The number of methoxy groups -OCH3 is 2. The highest BCUT2D eigenvalue weighted by atomic mass is 127. The molecule has 6 nitrogen and oxygen atoms in total. The van der Waals surface area contributed by atoms with Gasteiger partial charge in [0.2, 0.25) is 0 Å². The first-order valence-electron chi connectivity index (χ1n) is 7.77. The topological polar surface area (TPSA) is 81.8 Å². The molecule has 0 saturated heterocycles. The molecule has 0 saturated carbocycles. The maximum atomic E-state index is 5.90. The molecule has 0 unspecified atom stereocenters. The van der Waals surface area contributed by atoms with Crippen molar-refractivity contribution in [2.75, 3.05) is 20.8 Å². The number of benzene rings is 1. The summed E-state index contributed by atoms with van der Waals surface area (Å²) >= 11 is 0. The fourth-order valence-corrected chi connectivity index (χ4v) is 2.31. The largest absolute Gasteiger partial charge is 0.493 e. The second-order valence-corrected chi connectivity index (χ2v) is 5.44. The molecule has 0 aliphatic carbocycles.